The molecule has 0 fully saturated rings. The number of carbonyl (C=O) groups excluding carboxylic acids is 1. The lowest BCUT2D eigenvalue weighted by molar-refractivity contribution is 0.0507. The molecule has 0 aliphatic rings. The molecule has 1 rings (SSSR count). The lowest BCUT2D eigenvalue weighted by atomic mass is 10.1. The van der Waals surface area contributed by atoms with Crippen LogP contribution in [-0.4, -0.2) is 17.6 Å². The van der Waals surface area contributed by atoms with Crippen molar-refractivity contribution in [1.82, 2.24) is 4.98 Å². The van der Waals surface area contributed by atoms with E-state index < -0.39 is 34.8 Å². The molecule has 0 spiro atoms. The number of nitrogens with zero attached hydrogens (tertiary/aromatic N) is 1. The number of esters is 1. The minimum Gasteiger partial charge on any atom is -0.461 e. The smallest absolute Gasteiger partial charge is 0.355 e. The number of H-pyrrole nitrogens is 1. The Morgan fingerprint density at radius 2 is 2.29 bits per heavy atom. The summed E-state index contributed by atoms with van der Waals surface area (Å²) in [6, 6.07) is 2.15. The van der Waals surface area contributed by atoms with Crippen LogP contribution in [-0.2, 0) is 4.74 Å². The largest absolute Gasteiger partial charge is 0.461 e. The third kappa shape index (κ3) is 2.66. The number of ether oxygens (including phenoxy) is 1. The van der Waals surface area contributed by atoms with Crippen LogP contribution in [0.4, 0.5) is 8.78 Å². The number of alkyl halides is 2. The summed E-state index contributed by atoms with van der Waals surface area (Å²) in [4.78, 5) is 24.5. The molecule has 1 aromatic rings. The van der Waals surface area contributed by atoms with Crippen molar-refractivity contribution in [3.05, 3.63) is 33.2 Å². The summed E-state index contributed by atoms with van der Waals surface area (Å²) in [5.41, 5.74) is -2.72. The van der Waals surface area contributed by atoms with Crippen LogP contribution in [0.3, 0.4) is 0 Å². The zero-order chi connectivity index (χ0) is 13.0. The number of pyridine rings is 1. The van der Waals surface area contributed by atoms with Gasteiger partial charge < -0.3 is 9.72 Å². The Balaban J connectivity index is 3.39. The van der Waals surface area contributed by atoms with Gasteiger partial charge >= 0.3 is 5.97 Å². The summed E-state index contributed by atoms with van der Waals surface area (Å²) >= 11 is 0. The van der Waals surface area contributed by atoms with Crippen molar-refractivity contribution in [1.29, 1.82) is 5.26 Å². The predicted octanol–water partition coefficient (Wildman–Crippen LogP) is 1.36. The number of aromatic amines is 1. The van der Waals surface area contributed by atoms with E-state index in [4.69, 9.17) is 5.26 Å². The topological polar surface area (TPSA) is 83.0 Å². The van der Waals surface area contributed by atoms with Crippen molar-refractivity contribution in [2.24, 2.45) is 0 Å². The molecule has 0 unspecified atom stereocenters. The molecular formula is C10H8F2N2O3. The van der Waals surface area contributed by atoms with Crippen molar-refractivity contribution >= 4 is 5.97 Å². The van der Waals surface area contributed by atoms with Crippen LogP contribution >= 0.6 is 0 Å². The molecule has 0 saturated heterocycles. The predicted molar refractivity (Wildman–Crippen MR) is 52.7 cm³/mol. The van der Waals surface area contributed by atoms with Crippen molar-refractivity contribution in [2.75, 3.05) is 6.61 Å². The first-order valence-corrected chi connectivity index (χ1v) is 4.63. The molecule has 0 aromatic carbocycles. The average molecular weight is 242 g/mol. The summed E-state index contributed by atoms with van der Waals surface area (Å²) in [7, 11) is 0. The van der Waals surface area contributed by atoms with E-state index >= 15 is 0 Å². The van der Waals surface area contributed by atoms with Crippen LogP contribution in [0.5, 0.6) is 0 Å². The Hall–Kier alpha value is -2.23. The van der Waals surface area contributed by atoms with E-state index in [1.54, 1.807) is 0 Å². The molecule has 0 aliphatic heterocycles. The first-order valence-electron chi connectivity index (χ1n) is 4.63. The van der Waals surface area contributed by atoms with Crippen LogP contribution in [0.1, 0.15) is 35.0 Å². The summed E-state index contributed by atoms with van der Waals surface area (Å²) in [5.74, 6) is -1.05. The number of rotatable bonds is 3. The SMILES string of the molecule is CCOC(=O)c1[nH]c(=O)c(C#N)cc1C(F)F. The minimum atomic E-state index is -2.99. The molecule has 1 aromatic heterocycles. The van der Waals surface area contributed by atoms with Gasteiger partial charge in [-0.15, -0.1) is 0 Å². The van der Waals surface area contributed by atoms with Crippen molar-refractivity contribution in [3.63, 3.8) is 0 Å². The van der Waals surface area contributed by atoms with E-state index in [0.29, 0.717) is 6.07 Å². The number of carbonyl (C=O) groups is 1. The van der Waals surface area contributed by atoms with E-state index in [9.17, 15) is 18.4 Å². The van der Waals surface area contributed by atoms with E-state index in [1.807, 2.05) is 4.98 Å². The number of hydrogen-bond acceptors (Lipinski definition) is 4. The van der Waals surface area contributed by atoms with Gasteiger partial charge in [0.2, 0.25) is 0 Å². The van der Waals surface area contributed by atoms with Crippen LogP contribution in [0, 0.1) is 11.3 Å². The maximum absolute atomic E-state index is 12.6. The van der Waals surface area contributed by atoms with Gasteiger partial charge in [-0.2, -0.15) is 5.26 Å². The fourth-order valence-corrected chi connectivity index (χ4v) is 1.17. The third-order valence-corrected chi connectivity index (χ3v) is 1.91. The van der Waals surface area contributed by atoms with Gasteiger partial charge in [-0.05, 0) is 13.0 Å². The molecule has 17 heavy (non-hydrogen) atoms. The fourth-order valence-electron chi connectivity index (χ4n) is 1.17. The maximum atomic E-state index is 12.6. The zero-order valence-electron chi connectivity index (χ0n) is 8.79. The first-order chi connectivity index (χ1) is 8.01. The number of halogens is 2. The summed E-state index contributed by atoms with van der Waals surface area (Å²) in [5, 5.41) is 8.53. The van der Waals surface area contributed by atoms with Crippen LogP contribution in [0.25, 0.3) is 0 Å². The summed E-state index contributed by atoms with van der Waals surface area (Å²) < 4.78 is 29.8. The lowest BCUT2D eigenvalue weighted by Crippen LogP contribution is -2.20. The van der Waals surface area contributed by atoms with Crippen LogP contribution in [0.15, 0.2) is 10.9 Å². The Bertz CT molecular complexity index is 531. The Labute approximate surface area is 94.6 Å². The molecule has 90 valence electrons. The normalized spacial score (nSPS) is 10.1. The molecule has 0 amide bonds. The number of hydrogen-bond donors (Lipinski definition) is 1. The van der Waals surface area contributed by atoms with E-state index in [2.05, 4.69) is 4.74 Å². The fraction of sp³-hybridized carbons (Fsp3) is 0.300. The van der Waals surface area contributed by atoms with Gasteiger partial charge in [0.15, 0.2) is 0 Å². The highest BCUT2D eigenvalue weighted by atomic mass is 19.3. The van der Waals surface area contributed by atoms with E-state index in [-0.39, 0.29) is 6.61 Å². The molecule has 5 nitrogen and oxygen atoms in total. The second-order valence-electron chi connectivity index (χ2n) is 2.98. The number of nitrogens with one attached hydrogen (secondary N) is 1. The highest BCUT2D eigenvalue weighted by molar-refractivity contribution is 5.89. The van der Waals surface area contributed by atoms with Crippen molar-refractivity contribution < 1.29 is 18.3 Å². The molecule has 1 N–H and O–H groups in total. The van der Waals surface area contributed by atoms with Crippen molar-refractivity contribution in [2.45, 2.75) is 13.3 Å². The third-order valence-electron chi connectivity index (χ3n) is 1.91. The highest BCUT2D eigenvalue weighted by Crippen LogP contribution is 2.21. The van der Waals surface area contributed by atoms with Gasteiger partial charge in [0.1, 0.15) is 17.3 Å². The van der Waals surface area contributed by atoms with Crippen molar-refractivity contribution in [3.8, 4) is 6.07 Å². The van der Waals surface area contributed by atoms with Gasteiger partial charge in [-0.3, -0.25) is 4.79 Å². The average Bonchev–Trinajstić information content (AvgIpc) is 2.28. The number of nitriles is 1. The monoisotopic (exact) mass is 242 g/mol. The molecule has 0 saturated carbocycles. The molecule has 0 bridgehead atoms. The highest BCUT2D eigenvalue weighted by Gasteiger charge is 2.22. The second kappa shape index (κ2) is 5.21. The molecule has 0 radical (unpaired) electrons. The van der Waals surface area contributed by atoms with Crippen LogP contribution < -0.4 is 5.56 Å². The van der Waals surface area contributed by atoms with E-state index in [1.165, 1.54) is 13.0 Å². The Morgan fingerprint density at radius 1 is 1.65 bits per heavy atom. The molecule has 0 atom stereocenters. The molecule has 7 heteroatoms. The first kappa shape index (κ1) is 12.8. The Kier molecular flexibility index (Phi) is 3.93. The van der Waals surface area contributed by atoms with Gasteiger partial charge in [0.05, 0.1) is 12.2 Å². The van der Waals surface area contributed by atoms with Gasteiger partial charge in [-0.25, -0.2) is 13.6 Å². The van der Waals surface area contributed by atoms with Crippen LogP contribution in [0.2, 0.25) is 0 Å². The summed E-state index contributed by atoms with van der Waals surface area (Å²) in [6.45, 7) is 1.49. The van der Waals surface area contributed by atoms with Gasteiger partial charge in [0.25, 0.3) is 12.0 Å². The number of aromatic nitrogens is 1. The standard InChI is InChI=1S/C10H8F2N2O3/c1-2-17-10(16)7-6(8(11)12)3-5(4-13)9(15)14-7/h3,8H,2H2,1H3,(H,14,15). The van der Waals surface area contributed by atoms with E-state index in [0.717, 1.165) is 0 Å². The zero-order valence-corrected chi connectivity index (χ0v) is 8.79. The lowest BCUT2D eigenvalue weighted by Gasteiger charge is -2.07. The molecular weight excluding hydrogens is 234 g/mol. The molecule has 0 aliphatic carbocycles. The Morgan fingerprint density at radius 3 is 2.76 bits per heavy atom. The molecule has 1 heterocycles. The summed E-state index contributed by atoms with van der Waals surface area (Å²) in [6.07, 6.45) is -2.99. The maximum Gasteiger partial charge on any atom is 0.355 e. The van der Waals surface area contributed by atoms with Gasteiger partial charge in [-0.1, -0.05) is 0 Å². The quantitative estimate of drug-likeness (QED) is 0.811. The second-order valence-corrected chi connectivity index (χ2v) is 2.98. The van der Waals surface area contributed by atoms with Gasteiger partial charge in [0, 0.05) is 0 Å². The minimum absolute atomic E-state index is 0.0104.